The number of pyridine rings is 1. The van der Waals surface area contributed by atoms with Crippen LogP contribution in [0.2, 0.25) is 0 Å². The predicted molar refractivity (Wildman–Crippen MR) is 124 cm³/mol. The number of nitrogens with zero attached hydrogens (tertiary/aromatic N) is 5. The first kappa shape index (κ1) is 21.6. The molecule has 4 aromatic heterocycles. The van der Waals surface area contributed by atoms with Gasteiger partial charge in [0.15, 0.2) is 5.13 Å². The third-order valence-electron chi connectivity index (χ3n) is 4.87. The molecule has 4 heterocycles. The Morgan fingerprint density at radius 1 is 1.25 bits per heavy atom. The molecule has 0 bridgehead atoms. The summed E-state index contributed by atoms with van der Waals surface area (Å²) in [5, 5.41) is 5.21. The van der Waals surface area contributed by atoms with Crippen molar-refractivity contribution in [2.45, 2.75) is 33.4 Å². The molecule has 0 saturated heterocycles. The Morgan fingerprint density at radius 2 is 2.06 bits per heavy atom. The minimum Gasteiger partial charge on any atom is -0.339 e. The summed E-state index contributed by atoms with van der Waals surface area (Å²) in [6.07, 6.45) is 8.98. The van der Waals surface area contributed by atoms with Gasteiger partial charge in [0, 0.05) is 36.6 Å². The van der Waals surface area contributed by atoms with E-state index in [-0.39, 0.29) is 5.91 Å². The molecule has 0 aliphatic carbocycles. The molecule has 4 aromatic rings. The Hall–Kier alpha value is -3.59. The van der Waals surface area contributed by atoms with E-state index in [1.165, 1.54) is 23.6 Å². The highest BCUT2D eigenvalue weighted by molar-refractivity contribution is 7.14. The molecule has 1 amide bonds. The molecule has 0 radical (unpaired) electrons. The SMILES string of the molecule is Cc1nc(/C=C/c2csc(NC(=O)c3cccn3Cc3ccnc(F)c3)n2)cn1C(C)C. The number of nitrogens with one attached hydrogen (secondary N) is 1. The fourth-order valence-corrected chi connectivity index (χ4v) is 4.03. The highest BCUT2D eigenvalue weighted by Crippen LogP contribution is 2.19. The highest BCUT2D eigenvalue weighted by atomic mass is 32.1. The molecular formula is C23H23FN6OS. The Balaban J connectivity index is 1.42. The van der Waals surface area contributed by atoms with Gasteiger partial charge in [-0.25, -0.2) is 15.0 Å². The molecule has 4 rings (SSSR count). The maximum Gasteiger partial charge on any atom is 0.274 e. The van der Waals surface area contributed by atoms with Crippen LogP contribution in [0.5, 0.6) is 0 Å². The van der Waals surface area contributed by atoms with Crippen LogP contribution in [0.1, 0.15) is 53.2 Å². The lowest BCUT2D eigenvalue weighted by Gasteiger charge is -2.09. The number of imidazole rings is 1. The van der Waals surface area contributed by atoms with E-state index in [9.17, 15) is 9.18 Å². The summed E-state index contributed by atoms with van der Waals surface area (Å²) in [5.74, 6) is 0.138. The van der Waals surface area contributed by atoms with Gasteiger partial charge in [0.25, 0.3) is 5.91 Å². The number of aromatic nitrogens is 5. The number of carbonyl (C=O) groups is 1. The van der Waals surface area contributed by atoms with E-state index in [0.29, 0.717) is 23.4 Å². The lowest BCUT2D eigenvalue weighted by Crippen LogP contribution is -2.17. The van der Waals surface area contributed by atoms with Gasteiger partial charge in [0.1, 0.15) is 11.5 Å². The molecule has 0 aliphatic heterocycles. The van der Waals surface area contributed by atoms with E-state index in [0.717, 1.165) is 22.8 Å². The van der Waals surface area contributed by atoms with Crippen LogP contribution < -0.4 is 5.32 Å². The van der Waals surface area contributed by atoms with Crippen molar-refractivity contribution in [1.29, 1.82) is 0 Å². The van der Waals surface area contributed by atoms with E-state index in [1.807, 2.05) is 30.7 Å². The van der Waals surface area contributed by atoms with Gasteiger partial charge in [-0.1, -0.05) is 0 Å². The van der Waals surface area contributed by atoms with Gasteiger partial charge >= 0.3 is 0 Å². The Labute approximate surface area is 189 Å². The second-order valence-corrected chi connectivity index (χ2v) is 8.45. The van der Waals surface area contributed by atoms with Crippen molar-refractivity contribution in [3.05, 3.63) is 82.7 Å². The monoisotopic (exact) mass is 450 g/mol. The number of amides is 1. The standard InChI is InChI=1S/C23H23FN6OS/c1-15(2)30-13-18(26-16(30)3)6-7-19-14-32-23(27-19)28-22(31)20-5-4-10-29(20)12-17-8-9-25-21(24)11-17/h4-11,13-15H,12H2,1-3H3,(H,27,28,31)/b7-6+. The molecule has 0 unspecified atom stereocenters. The van der Waals surface area contributed by atoms with Crippen LogP contribution >= 0.6 is 11.3 Å². The first-order valence-electron chi connectivity index (χ1n) is 10.1. The van der Waals surface area contributed by atoms with Crippen molar-refractivity contribution < 1.29 is 9.18 Å². The highest BCUT2D eigenvalue weighted by Gasteiger charge is 2.13. The summed E-state index contributed by atoms with van der Waals surface area (Å²) in [7, 11) is 0. The van der Waals surface area contributed by atoms with Gasteiger partial charge in [0.05, 0.1) is 11.4 Å². The Kier molecular flexibility index (Phi) is 6.27. The molecule has 0 atom stereocenters. The lowest BCUT2D eigenvalue weighted by molar-refractivity contribution is 0.101. The fraction of sp³-hybridized carbons (Fsp3) is 0.217. The van der Waals surface area contributed by atoms with Gasteiger partial charge in [0.2, 0.25) is 5.95 Å². The normalized spacial score (nSPS) is 11.5. The lowest BCUT2D eigenvalue weighted by atomic mass is 10.2. The zero-order valence-electron chi connectivity index (χ0n) is 18.0. The molecule has 164 valence electrons. The second-order valence-electron chi connectivity index (χ2n) is 7.59. The van der Waals surface area contributed by atoms with Crippen LogP contribution in [0.4, 0.5) is 9.52 Å². The number of anilines is 1. The van der Waals surface area contributed by atoms with Gasteiger partial charge < -0.3 is 9.13 Å². The number of hydrogen-bond donors (Lipinski definition) is 1. The molecule has 0 fully saturated rings. The average molecular weight is 451 g/mol. The van der Waals surface area contributed by atoms with Crippen LogP contribution in [0.25, 0.3) is 12.2 Å². The van der Waals surface area contributed by atoms with Crippen molar-refractivity contribution in [1.82, 2.24) is 24.1 Å². The van der Waals surface area contributed by atoms with Gasteiger partial charge in [-0.3, -0.25) is 10.1 Å². The summed E-state index contributed by atoms with van der Waals surface area (Å²) < 4.78 is 17.2. The van der Waals surface area contributed by atoms with Crippen LogP contribution in [0.15, 0.2) is 48.2 Å². The first-order chi connectivity index (χ1) is 15.4. The minimum absolute atomic E-state index is 0.277. The average Bonchev–Trinajstić information content (AvgIpc) is 3.46. The molecular weight excluding hydrogens is 427 g/mol. The van der Waals surface area contributed by atoms with Crippen LogP contribution in [0, 0.1) is 12.9 Å². The van der Waals surface area contributed by atoms with E-state index in [4.69, 9.17) is 0 Å². The molecule has 7 nitrogen and oxygen atoms in total. The zero-order valence-corrected chi connectivity index (χ0v) is 18.8. The number of aryl methyl sites for hydroxylation is 1. The molecule has 0 aliphatic rings. The van der Waals surface area contributed by atoms with Crippen molar-refractivity contribution in [2.75, 3.05) is 5.32 Å². The van der Waals surface area contributed by atoms with Gasteiger partial charge in [-0.05, 0) is 62.8 Å². The maximum absolute atomic E-state index is 13.4. The smallest absolute Gasteiger partial charge is 0.274 e. The molecule has 0 spiro atoms. The maximum atomic E-state index is 13.4. The number of thiazole rings is 1. The molecule has 0 saturated carbocycles. The first-order valence-corrected chi connectivity index (χ1v) is 11.0. The van der Waals surface area contributed by atoms with Crippen molar-refractivity contribution >= 4 is 34.5 Å². The summed E-state index contributed by atoms with van der Waals surface area (Å²) in [4.78, 5) is 25.3. The topological polar surface area (TPSA) is 77.6 Å². The van der Waals surface area contributed by atoms with E-state index in [1.54, 1.807) is 29.0 Å². The Bertz CT molecular complexity index is 1270. The summed E-state index contributed by atoms with van der Waals surface area (Å²) in [5.41, 5.74) is 2.79. The van der Waals surface area contributed by atoms with Gasteiger partial charge in [-0.2, -0.15) is 4.39 Å². The van der Waals surface area contributed by atoms with Crippen molar-refractivity contribution in [2.24, 2.45) is 0 Å². The van der Waals surface area contributed by atoms with Crippen LogP contribution in [0.3, 0.4) is 0 Å². The van der Waals surface area contributed by atoms with Crippen molar-refractivity contribution in [3.63, 3.8) is 0 Å². The van der Waals surface area contributed by atoms with Crippen LogP contribution in [-0.2, 0) is 6.54 Å². The molecule has 0 aromatic carbocycles. The van der Waals surface area contributed by atoms with Crippen molar-refractivity contribution in [3.8, 4) is 0 Å². The van der Waals surface area contributed by atoms with E-state index in [2.05, 4.69) is 38.7 Å². The molecule has 32 heavy (non-hydrogen) atoms. The number of halogens is 1. The van der Waals surface area contributed by atoms with Crippen LogP contribution in [-0.4, -0.2) is 30.0 Å². The van der Waals surface area contributed by atoms with Gasteiger partial charge in [-0.15, -0.1) is 11.3 Å². The quantitative estimate of drug-likeness (QED) is 0.400. The minimum atomic E-state index is -0.546. The predicted octanol–water partition coefficient (Wildman–Crippen LogP) is 5.04. The largest absolute Gasteiger partial charge is 0.339 e. The number of carbonyl (C=O) groups excluding carboxylic acids is 1. The zero-order chi connectivity index (χ0) is 22.7. The molecule has 1 N–H and O–H groups in total. The fourth-order valence-electron chi connectivity index (χ4n) is 3.36. The number of rotatable bonds is 7. The molecule has 9 heteroatoms. The van der Waals surface area contributed by atoms with E-state index < -0.39 is 5.95 Å². The summed E-state index contributed by atoms with van der Waals surface area (Å²) in [6, 6.07) is 6.92. The third kappa shape index (κ3) is 5.00. The Morgan fingerprint density at radius 3 is 2.81 bits per heavy atom. The van der Waals surface area contributed by atoms with E-state index >= 15 is 0 Å². The third-order valence-corrected chi connectivity index (χ3v) is 5.64. The summed E-state index contributed by atoms with van der Waals surface area (Å²) >= 11 is 1.35. The second kappa shape index (κ2) is 9.27. The number of hydrogen-bond acceptors (Lipinski definition) is 5. The summed E-state index contributed by atoms with van der Waals surface area (Å²) in [6.45, 7) is 6.57.